The van der Waals surface area contributed by atoms with Crippen LogP contribution >= 0.6 is 27.7 Å². The maximum Gasteiger partial charge on any atom is 0.293 e. The van der Waals surface area contributed by atoms with E-state index < -0.39 is 0 Å². The van der Waals surface area contributed by atoms with Crippen LogP contribution < -0.4 is 9.47 Å². The summed E-state index contributed by atoms with van der Waals surface area (Å²) in [6.45, 7) is 2.23. The zero-order chi connectivity index (χ0) is 21.0. The molecule has 148 valence electrons. The van der Waals surface area contributed by atoms with Gasteiger partial charge in [-0.2, -0.15) is 0 Å². The predicted molar refractivity (Wildman–Crippen MR) is 118 cm³/mol. The largest absolute Gasteiger partial charge is 0.493 e. The van der Waals surface area contributed by atoms with E-state index in [0.29, 0.717) is 22.0 Å². The first-order chi connectivity index (χ1) is 13.9. The van der Waals surface area contributed by atoms with E-state index in [-0.39, 0.29) is 24.3 Å². The predicted octanol–water partition coefficient (Wildman–Crippen LogP) is 5.01. The number of carbonyl (C=O) groups excluding carboxylic acids is 2. The Morgan fingerprint density at radius 2 is 2.03 bits per heavy atom. The van der Waals surface area contributed by atoms with Crippen molar-refractivity contribution in [2.24, 2.45) is 0 Å². The number of methoxy groups -OCH3 is 1. The Morgan fingerprint density at radius 1 is 1.28 bits per heavy atom. The zero-order valence-electron chi connectivity index (χ0n) is 15.9. The second-order valence-corrected chi connectivity index (χ2v) is 8.12. The smallest absolute Gasteiger partial charge is 0.293 e. The Labute approximate surface area is 182 Å². The van der Waals surface area contributed by atoms with Gasteiger partial charge in [0, 0.05) is 10.0 Å². The topological polar surface area (TPSA) is 55.8 Å². The van der Waals surface area contributed by atoms with Crippen molar-refractivity contribution in [3.63, 3.8) is 0 Å². The van der Waals surface area contributed by atoms with Crippen molar-refractivity contribution in [2.45, 2.75) is 13.5 Å². The Morgan fingerprint density at radius 3 is 2.72 bits per heavy atom. The molecule has 3 rings (SSSR count). The Hall–Kier alpha value is -2.69. The highest BCUT2D eigenvalue weighted by atomic mass is 79.9. The summed E-state index contributed by atoms with van der Waals surface area (Å²) in [5.74, 6) is 2.96. The average molecular weight is 472 g/mol. The summed E-state index contributed by atoms with van der Waals surface area (Å²) in [6.07, 6.45) is 6.93. The summed E-state index contributed by atoms with van der Waals surface area (Å²) in [5, 5.41) is -0.308. The maximum absolute atomic E-state index is 12.9. The molecule has 0 atom stereocenters. The van der Waals surface area contributed by atoms with Gasteiger partial charge in [0.15, 0.2) is 11.5 Å². The molecule has 29 heavy (non-hydrogen) atoms. The van der Waals surface area contributed by atoms with Crippen molar-refractivity contribution in [3.05, 3.63) is 62.5 Å². The van der Waals surface area contributed by atoms with E-state index in [1.54, 1.807) is 18.2 Å². The number of ether oxygens (including phenoxy) is 2. The number of aryl methyl sites for hydroxylation is 1. The van der Waals surface area contributed by atoms with Crippen LogP contribution in [0.15, 0.2) is 45.8 Å². The fourth-order valence-corrected chi connectivity index (χ4v) is 4.14. The Balaban J connectivity index is 1.94. The Bertz CT molecular complexity index is 1040. The summed E-state index contributed by atoms with van der Waals surface area (Å²) in [5.41, 5.74) is 2.54. The van der Waals surface area contributed by atoms with Gasteiger partial charge in [0.25, 0.3) is 11.1 Å². The monoisotopic (exact) mass is 471 g/mol. The van der Waals surface area contributed by atoms with E-state index in [2.05, 4.69) is 21.9 Å². The van der Waals surface area contributed by atoms with Gasteiger partial charge in [0.2, 0.25) is 0 Å². The van der Waals surface area contributed by atoms with Crippen LogP contribution in [0.5, 0.6) is 11.5 Å². The first-order valence-electron chi connectivity index (χ1n) is 8.68. The first-order valence-corrected chi connectivity index (χ1v) is 10.3. The third kappa shape index (κ3) is 4.66. The third-order valence-corrected chi connectivity index (χ3v) is 5.68. The lowest BCUT2D eigenvalue weighted by molar-refractivity contribution is -0.123. The fraction of sp³-hybridized carbons (Fsp3) is 0.182. The van der Waals surface area contributed by atoms with Crippen LogP contribution in [0.25, 0.3) is 6.08 Å². The van der Waals surface area contributed by atoms with Crippen molar-refractivity contribution >= 4 is 44.9 Å². The van der Waals surface area contributed by atoms with Gasteiger partial charge in [-0.1, -0.05) is 46.1 Å². The standard InChI is InChI=1S/C22H18BrNO4S/c1-4-9-28-20-16(10-17(23)12-18(20)27-3)11-19-21(25)24(22(26)29-19)13-15-8-6-5-7-14(15)2/h1,5-8,10-12H,9,13H2,2-3H3/b19-11-. The highest BCUT2D eigenvalue weighted by Crippen LogP contribution is 2.39. The van der Waals surface area contributed by atoms with Crippen molar-refractivity contribution in [1.29, 1.82) is 0 Å². The Kier molecular flexibility index (Phi) is 6.68. The minimum Gasteiger partial charge on any atom is -0.493 e. The van der Waals surface area contributed by atoms with Crippen molar-refractivity contribution in [2.75, 3.05) is 13.7 Å². The van der Waals surface area contributed by atoms with Crippen LogP contribution in [0.3, 0.4) is 0 Å². The van der Waals surface area contributed by atoms with Crippen LogP contribution in [-0.2, 0) is 11.3 Å². The number of carbonyl (C=O) groups is 2. The molecule has 0 aliphatic carbocycles. The summed E-state index contributed by atoms with van der Waals surface area (Å²) in [4.78, 5) is 26.9. The molecule has 0 radical (unpaired) electrons. The number of amides is 2. The molecule has 1 aliphatic heterocycles. The van der Waals surface area contributed by atoms with Crippen LogP contribution in [-0.4, -0.2) is 29.8 Å². The molecule has 5 nitrogen and oxygen atoms in total. The minimum atomic E-state index is -0.343. The molecule has 1 saturated heterocycles. The molecule has 0 saturated carbocycles. The lowest BCUT2D eigenvalue weighted by atomic mass is 10.1. The van der Waals surface area contributed by atoms with Crippen LogP contribution in [0.1, 0.15) is 16.7 Å². The molecular formula is C22H18BrNO4S. The normalized spacial score (nSPS) is 15.0. The van der Waals surface area contributed by atoms with E-state index in [4.69, 9.17) is 15.9 Å². The number of nitrogens with zero attached hydrogens (tertiary/aromatic N) is 1. The molecular weight excluding hydrogens is 454 g/mol. The van der Waals surface area contributed by atoms with Crippen LogP contribution in [0.4, 0.5) is 4.79 Å². The zero-order valence-corrected chi connectivity index (χ0v) is 18.3. The fourth-order valence-electron chi connectivity index (χ4n) is 2.85. The second-order valence-electron chi connectivity index (χ2n) is 6.21. The molecule has 2 aromatic carbocycles. The summed E-state index contributed by atoms with van der Waals surface area (Å²) < 4.78 is 11.7. The van der Waals surface area contributed by atoms with Gasteiger partial charge >= 0.3 is 0 Å². The van der Waals surface area contributed by atoms with Crippen molar-refractivity contribution in [1.82, 2.24) is 4.90 Å². The number of terminal acetylenes is 1. The highest BCUT2D eigenvalue weighted by Gasteiger charge is 2.35. The number of hydrogen-bond donors (Lipinski definition) is 0. The average Bonchev–Trinajstić information content (AvgIpc) is 2.95. The summed E-state index contributed by atoms with van der Waals surface area (Å²) in [7, 11) is 1.52. The van der Waals surface area contributed by atoms with Crippen molar-refractivity contribution in [3.8, 4) is 23.8 Å². The quantitative estimate of drug-likeness (QED) is 0.437. The molecule has 2 aromatic rings. The second kappa shape index (κ2) is 9.21. The number of imide groups is 1. The van der Waals surface area contributed by atoms with Crippen LogP contribution in [0, 0.1) is 19.3 Å². The summed E-state index contributed by atoms with van der Waals surface area (Å²) >= 11 is 4.32. The maximum atomic E-state index is 12.9. The van der Waals surface area contributed by atoms with E-state index in [0.717, 1.165) is 27.4 Å². The third-order valence-electron chi connectivity index (χ3n) is 4.32. The van der Waals surface area contributed by atoms with Gasteiger partial charge in [-0.3, -0.25) is 14.5 Å². The number of benzene rings is 2. The van der Waals surface area contributed by atoms with E-state index in [1.807, 2.05) is 31.2 Å². The molecule has 1 aliphatic rings. The molecule has 1 heterocycles. The number of halogens is 1. The first kappa shape index (κ1) is 21.0. The van der Waals surface area contributed by atoms with Crippen molar-refractivity contribution < 1.29 is 19.1 Å². The number of hydrogen-bond acceptors (Lipinski definition) is 5. The molecule has 0 unspecified atom stereocenters. The van der Waals surface area contributed by atoms with Gasteiger partial charge in [-0.25, -0.2) is 0 Å². The van der Waals surface area contributed by atoms with Gasteiger partial charge in [0.05, 0.1) is 18.6 Å². The molecule has 0 aromatic heterocycles. The number of rotatable bonds is 6. The van der Waals surface area contributed by atoms with Gasteiger partial charge < -0.3 is 9.47 Å². The minimum absolute atomic E-state index is 0.0492. The molecule has 1 fully saturated rings. The van der Waals surface area contributed by atoms with E-state index in [9.17, 15) is 9.59 Å². The lowest BCUT2D eigenvalue weighted by Gasteiger charge is -2.14. The van der Waals surface area contributed by atoms with Gasteiger partial charge in [0.1, 0.15) is 6.61 Å². The molecule has 7 heteroatoms. The molecule has 0 spiro atoms. The molecule has 2 amide bonds. The lowest BCUT2D eigenvalue weighted by Crippen LogP contribution is -2.27. The SMILES string of the molecule is C#CCOc1c(/C=C2\SC(=O)N(Cc3ccccc3C)C2=O)cc(Br)cc1OC. The van der Waals surface area contributed by atoms with E-state index >= 15 is 0 Å². The molecule has 0 N–H and O–H groups in total. The molecule has 0 bridgehead atoms. The summed E-state index contributed by atoms with van der Waals surface area (Å²) in [6, 6.07) is 11.2. The van der Waals surface area contributed by atoms with Crippen LogP contribution in [0.2, 0.25) is 0 Å². The number of thioether (sulfide) groups is 1. The van der Waals surface area contributed by atoms with Gasteiger partial charge in [-0.15, -0.1) is 6.42 Å². The van der Waals surface area contributed by atoms with E-state index in [1.165, 1.54) is 12.0 Å². The van der Waals surface area contributed by atoms with Gasteiger partial charge in [-0.05, 0) is 48.0 Å². The highest BCUT2D eigenvalue weighted by molar-refractivity contribution is 9.10.